The molecule has 0 amide bonds. The van der Waals surface area contributed by atoms with Crippen molar-refractivity contribution in [3.63, 3.8) is 0 Å². The highest BCUT2D eigenvalue weighted by Crippen LogP contribution is 2.17. The van der Waals surface area contributed by atoms with Gasteiger partial charge in [-0.2, -0.15) is 0 Å². The Hall–Kier alpha value is -0.200. The lowest BCUT2D eigenvalue weighted by Gasteiger charge is -2.04. The van der Waals surface area contributed by atoms with Gasteiger partial charge in [-0.15, -0.1) is 0 Å². The zero-order valence-electron chi connectivity index (χ0n) is 24.9. The summed E-state index contributed by atoms with van der Waals surface area (Å²) in [4.78, 5) is 0. The molecule has 5 N–H and O–H groups in total. The van der Waals surface area contributed by atoms with Gasteiger partial charge in [-0.05, 0) is 0 Å². The Bertz CT molecular complexity index is 137. The molecule has 0 bridgehead atoms. The van der Waals surface area contributed by atoms with Gasteiger partial charge in [0.2, 0.25) is 0 Å². The van der Waals surface area contributed by atoms with Crippen LogP contribution in [-0.2, 0) is 0 Å². The number of aliphatic hydroxyl groups is 5. The highest BCUT2D eigenvalue weighted by molar-refractivity contribution is 4.53. The van der Waals surface area contributed by atoms with Gasteiger partial charge in [-0.3, -0.25) is 0 Å². The molecular formula is C30H70O5. The van der Waals surface area contributed by atoms with Crippen LogP contribution in [0, 0.1) is 0 Å². The maximum absolute atomic E-state index is 7.00. The lowest BCUT2D eigenvalue weighted by Crippen LogP contribution is -1.84. The van der Waals surface area contributed by atoms with Gasteiger partial charge in [-0.1, -0.05) is 161 Å². The zero-order chi connectivity index (χ0) is 27.7. The maximum atomic E-state index is 7.00. The Balaban J connectivity index is -0.000000265. The third-order valence-electron chi connectivity index (χ3n) is 6.25. The van der Waals surface area contributed by atoms with Crippen LogP contribution in [0.5, 0.6) is 0 Å². The first-order valence-electron chi connectivity index (χ1n) is 14.7. The number of rotatable bonds is 0. The van der Waals surface area contributed by atoms with Crippen LogP contribution in [0.15, 0.2) is 0 Å². The Morgan fingerprint density at radius 3 is 0.200 bits per heavy atom. The van der Waals surface area contributed by atoms with Gasteiger partial charge >= 0.3 is 0 Å². The third kappa shape index (κ3) is 55.6. The second kappa shape index (κ2) is 59.1. The molecule has 0 aliphatic heterocycles. The van der Waals surface area contributed by atoms with Crippen LogP contribution in [0.4, 0.5) is 0 Å². The first kappa shape index (κ1) is 44.8. The first-order valence-corrected chi connectivity index (χ1v) is 14.7. The van der Waals surface area contributed by atoms with Crippen LogP contribution < -0.4 is 0 Å². The predicted molar refractivity (Wildman–Crippen MR) is 156 cm³/mol. The minimum Gasteiger partial charge on any atom is -0.400 e. The van der Waals surface area contributed by atoms with E-state index in [-0.39, 0.29) is 0 Å². The fourth-order valence-electron chi connectivity index (χ4n) is 4.42. The average molecular weight is 511 g/mol. The second-order valence-corrected chi connectivity index (χ2v) is 8.84. The summed E-state index contributed by atoms with van der Waals surface area (Å²) in [7, 11) is 5.00. The van der Waals surface area contributed by atoms with Gasteiger partial charge in [0.25, 0.3) is 0 Å². The Labute approximate surface area is 221 Å². The van der Waals surface area contributed by atoms with Crippen molar-refractivity contribution >= 4 is 0 Å². The summed E-state index contributed by atoms with van der Waals surface area (Å²) in [6.45, 7) is 0. The standard InChI is InChI=1S/C25H50.5CH4O/c1-2-4-6-8-10-12-14-16-18-20-22-24-25-23-21-19-17-15-13-11-9-7-5-3-1;5*1-2/h1-25H2;5*2H,1H3. The lowest BCUT2D eigenvalue weighted by molar-refractivity contribution is 0.399. The van der Waals surface area contributed by atoms with Gasteiger partial charge < -0.3 is 25.5 Å². The molecule has 0 heterocycles. The molecule has 0 unspecified atom stereocenters. The van der Waals surface area contributed by atoms with Crippen molar-refractivity contribution in [3.05, 3.63) is 0 Å². The van der Waals surface area contributed by atoms with Crippen molar-refractivity contribution in [2.24, 2.45) is 0 Å². The minimum atomic E-state index is 1.00. The topological polar surface area (TPSA) is 101 Å². The lowest BCUT2D eigenvalue weighted by atomic mass is 10.0. The molecule has 5 nitrogen and oxygen atoms in total. The highest BCUT2D eigenvalue weighted by Gasteiger charge is 1.97. The largest absolute Gasteiger partial charge is 0.400 e. The minimum absolute atomic E-state index is 1.00. The van der Waals surface area contributed by atoms with Crippen molar-refractivity contribution in [2.75, 3.05) is 35.5 Å². The zero-order valence-corrected chi connectivity index (χ0v) is 24.9. The molecule has 1 saturated carbocycles. The predicted octanol–water partition coefficient (Wildman–Crippen LogP) is 7.80. The van der Waals surface area contributed by atoms with E-state index in [2.05, 4.69) is 0 Å². The molecule has 0 spiro atoms. The fourth-order valence-corrected chi connectivity index (χ4v) is 4.42. The van der Waals surface area contributed by atoms with Gasteiger partial charge in [0, 0.05) is 35.5 Å². The smallest absolute Gasteiger partial charge is 0.0319 e. The van der Waals surface area contributed by atoms with Crippen LogP contribution in [0.2, 0.25) is 0 Å². The van der Waals surface area contributed by atoms with Gasteiger partial charge in [0.05, 0.1) is 0 Å². The molecule has 0 radical (unpaired) electrons. The van der Waals surface area contributed by atoms with Crippen molar-refractivity contribution in [3.8, 4) is 0 Å². The van der Waals surface area contributed by atoms with E-state index in [0.717, 1.165) is 35.5 Å². The van der Waals surface area contributed by atoms with Crippen molar-refractivity contribution < 1.29 is 25.5 Å². The van der Waals surface area contributed by atoms with E-state index in [1.54, 1.807) is 0 Å². The number of hydrogen-bond acceptors (Lipinski definition) is 5. The molecule has 1 fully saturated rings. The normalized spacial score (nSPS) is 18.0. The van der Waals surface area contributed by atoms with E-state index in [0.29, 0.717) is 0 Å². The van der Waals surface area contributed by atoms with E-state index in [4.69, 9.17) is 25.5 Å². The van der Waals surface area contributed by atoms with E-state index in [1.807, 2.05) is 0 Å². The summed E-state index contributed by atoms with van der Waals surface area (Å²) < 4.78 is 0. The molecule has 0 aromatic heterocycles. The van der Waals surface area contributed by atoms with E-state index < -0.39 is 0 Å². The summed E-state index contributed by atoms with van der Waals surface area (Å²) in [5.41, 5.74) is 0. The van der Waals surface area contributed by atoms with Crippen LogP contribution in [-0.4, -0.2) is 61.1 Å². The molecule has 220 valence electrons. The van der Waals surface area contributed by atoms with Gasteiger partial charge in [0.15, 0.2) is 0 Å². The molecule has 0 aromatic carbocycles. The van der Waals surface area contributed by atoms with Crippen molar-refractivity contribution in [1.82, 2.24) is 0 Å². The van der Waals surface area contributed by atoms with E-state index >= 15 is 0 Å². The third-order valence-corrected chi connectivity index (χ3v) is 6.25. The van der Waals surface area contributed by atoms with Gasteiger partial charge in [-0.25, -0.2) is 0 Å². The average Bonchev–Trinajstić information content (AvgIpc) is 2.95. The molecule has 1 aliphatic rings. The molecule has 0 atom stereocenters. The molecule has 1 aliphatic carbocycles. The summed E-state index contributed by atoms with van der Waals surface area (Å²) in [5.74, 6) is 0. The number of aliphatic hydroxyl groups excluding tert-OH is 5. The van der Waals surface area contributed by atoms with Gasteiger partial charge in [0.1, 0.15) is 0 Å². The Morgan fingerprint density at radius 2 is 0.171 bits per heavy atom. The van der Waals surface area contributed by atoms with Crippen LogP contribution >= 0.6 is 0 Å². The fraction of sp³-hybridized carbons (Fsp3) is 1.00. The SMILES string of the molecule is C1CCCCCCCCCCCCCCCCCCCCCCCC1.CO.CO.CO.CO.CO. The first-order chi connectivity index (χ1) is 17.5. The second-order valence-electron chi connectivity index (χ2n) is 8.84. The molecule has 0 saturated heterocycles. The van der Waals surface area contributed by atoms with Crippen LogP contribution in [0.3, 0.4) is 0 Å². The van der Waals surface area contributed by atoms with Crippen LogP contribution in [0.25, 0.3) is 0 Å². The monoisotopic (exact) mass is 511 g/mol. The number of hydrogen-bond donors (Lipinski definition) is 5. The summed E-state index contributed by atoms with van der Waals surface area (Å²) >= 11 is 0. The maximum Gasteiger partial charge on any atom is 0.0319 e. The molecular weight excluding hydrogens is 440 g/mol. The summed E-state index contributed by atoms with van der Waals surface area (Å²) in [5, 5.41) is 35.0. The van der Waals surface area contributed by atoms with Crippen molar-refractivity contribution in [1.29, 1.82) is 0 Å². The summed E-state index contributed by atoms with van der Waals surface area (Å²) in [6.07, 6.45) is 37.5. The molecule has 1 rings (SSSR count). The highest BCUT2D eigenvalue weighted by atomic mass is 16.2. The Kier molecular flexibility index (Phi) is 75.6. The molecule has 35 heavy (non-hydrogen) atoms. The molecule has 5 heteroatoms. The van der Waals surface area contributed by atoms with Crippen LogP contribution in [0.1, 0.15) is 161 Å². The molecule has 0 aromatic rings. The van der Waals surface area contributed by atoms with E-state index in [9.17, 15) is 0 Å². The quantitative estimate of drug-likeness (QED) is 0.229. The summed E-state index contributed by atoms with van der Waals surface area (Å²) in [6, 6.07) is 0. The van der Waals surface area contributed by atoms with E-state index in [1.165, 1.54) is 161 Å². The Morgan fingerprint density at radius 1 is 0.143 bits per heavy atom. The van der Waals surface area contributed by atoms with Crippen molar-refractivity contribution in [2.45, 2.75) is 161 Å².